The van der Waals surface area contributed by atoms with Crippen molar-refractivity contribution in [2.75, 3.05) is 33.7 Å². The summed E-state index contributed by atoms with van der Waals surface area (Å²) in [6.07, 6.45) is 0.923. The summed E-state index contributed by atoms with van der Waals surface area (Å²) in [6.45, 7) is 3.86. The van der Waals surface area contributed by atoms with E-state index in [4.69, 9.17) is 4.42 Å². The minimum Gasteiger partial charge on any atom is -0.455 e. The fourth-order valence-corrected chi connectivity index (χ4v) is 5.63. The van der Waals surface area contributed by atoms with Gasteiger partial charge < -0.3 is 14.2 Å². The zero-order valence-corrected chi connectivity index (χ0v) is 19.9. The predicted octanol–water partition coefficient (Wildman–Crippen LogP) is 4.61. The van der Waals surface area contributed by atoms with E-state index in [1.807, 2.05) is 48.2 Å². The molecule has 1 amide bonds. The van der Waals surface area contributed by atoms with Crippen LogP contribution in [-0.2, 0) is 13.1 Å². The van der Waals surface area contributed by atoms with Gasteiger partial charge in [0.05, 0.1) is 6.54 Å². The van der Waals surface area contributed by atoms with Gasteiger partial charge in [-0.05, 0) is 55.9 Å². The summed E-state index contributed by atoms with van der Waals surface area (Å²) in [7, 11) is 3.96. The lowest BCUT2D eigenvalue weighted by Crippen LogP contribution is -2.48. The van der Waals surface area contributed by atoms with E-state index in [0.29, 0.717) is 37.4 Å². The topological polar surface area (TPSA) is 39.9 Å². The van der Waals surface area contributed by atoms with Crippen LogP contribution in [-0.4, -0.2) is 60.4 Å². The normalized spacial score (nSPS) is 22.8. The van der Waals surface area contributed by atoms with E-state index in [1.165, 1.54) is 5.56 Å². The first-order valence-corrected chi connectivity index (χ1v) is 12.0. The Bertz CT molecular complexity index is 1110. The molecule has 0 unspecified atom stereocenters. The molecule has 2 aliphatic heterocycles. The van der Waals surface area contributed by atoms with Crippen LogP contribution in [0.5, 0.6) is 0 Å². The Balaban J connectivity index is 1.36. The molecule has 3 heterocycles. The number of likely N-dealkylation sites (tertiary alicyclic amines) is 2. The molecule has 3 atom stereocenters. The zero-order chi connectivity index (χ0) is 23.7. The van der Waals surface area contributed by atoms with Crippen LogP contribution in [0.3, 0.4) is 0 Å². The van der Waals surface area contributed by atoms with E-state index in [2.05, 4.69) is 29.2 Å². The van der Waals surface area contributed by atoms with Crippen molar-refractivity contribution in [2.45, 2.75) is 31.5 Å². The van der Waals surface area contributed by atoms with Gasteiger partial charge in [-0.15, -0.1) is 0 Å². The highest BCUT2D eigenvalue weighted by atomic mass is 19.1. The van der Waals surface area contributed by atoms with Crippen LogP contribution in [0.25, 0.3) is 0 Å². The number of rotatable bonds is 6. The van der Waals surface area contributed by atoms with Crippen LogP contribution >= 0.6 is 0 Å². The Morgan fingerprint density at radius 2 is 1.79 bits per heavy atom. The number of halogens is 1. The fraction of sp³-hybridized carbons (Fsp3) is 0.393. The van der Waals surface area contributed by atoms with Gasteiger partial charge in [0, 0.05) is 44.1 Å². The number of carbonyl (C=O) groups excluding carboxylic acids is 1. The van der Waals surface area contributed by atoms with Crippen molar-refractivity contribution >= 4 is 5.91 Å². The van der Waals surface area contributed by atoms with Crippen LogP contribution in [0.15, 0.2) is 71.1 Å². The van der Waals surface area contributed by atoms with Crippen molar-refractivity contribution in [3.8, 4) is 0 Å². The lowest BCUT2D eigenvalue weighted by Gasteiger charge is -2.39. The first kappa shape index (κ1) is 22.8. The number of amides is 1. The summed E-state index contributed by atoms with van der Waals surface area (Å²) < 4.78 is 19.5. The molecule has 5 rings (SSSR count). The molecular formula is C28H32FN3O2. The zero-order valence-electron chi connectivity index (χ0n) is 19.9. The number of nitrogens with zero attached hydrogens (tertiary/aromatic N) is 3. The Morgan fingerprint density at radius 1 is 1.03 bits per heavy atom. The lowest BCUT2D eigenvalue weighted by atomic mass is 9.81. The molecule has 5 nitrogen and oxygen atoms in total. The Labute approximate surface area is 200 Å². The Morgan fingerprint density at radius 3 is 2.53 bits per heavy atom. The van der Waals surface area contributed by atoms with Gasteiger partial charge in [-0.1, -0.05) is 42.5 Å². The maximum atomic E-state index is 13.6. The third-order valence-electron chi connectivity index (χ3n) is 7.20. The van der Waals surface area contributed by atoms with E-state index in [9.17, 15) is 9.18 Å². The summed E-state index contributed by atoms with van der Waals surface area (Å²) in [4.78, 5) is 19.8. The molecule has 0 radical (unpaired) electrons. The van der Waals surface area contributed by atoms with E-state index in [0.717, 1.165) is 30.8 Å². The number of fused-ring (bicyclic) bond motifs is 1. The SMILES string of the molecule is CN(C)Cc1ccc(C(=O)N2CC[C@@H]3[C@H](C2)[C@@H](c2ccc(F)cc2)CN3Cc2ccccc2)o1. The van der Waals surface area contributed by atoms with Gasteiger partial charge in [-0.2, -0.15) is 0 Å². The summed E-state index contributed by atoms with van der Waals surface area (Å²) in [5.41, 5.74) is 2.44. The molecule has 0 spiro atoms. The minimum atomic E-state index is -0.216. The molecule has 0 bridgehead atoms. The Hall–Kier alpha value is -2.96. The van der Waals surface area contributed by atoms with E-state index in [1.54, 1.807) is 18.2 Å². The largest absolute Gasteiger partial charge is 0.455 e. The van der Waals surface area contributed by atoms with Crippen molar-refractivity contribution in [2.24, 2.45) is 5.92 Å². The standard InChI is InChI=1S/C28H32FN3O2/c1-30(2)17-23-12-13-27(34-23)28(33)31-15-14-26-25(19-31)24(21-8-10-22(29)11-9-21)18-32(26)16-20-6-4-3-5-7-20/h3-13,24-26H,14-19H2,1-2H3/t24-,25-,26-/m1/s1. The van der Waals surface area contributed by atoms with Crippen molar-refractivity contribution in [3.63, 3.8) is 0 Å². The van der Waals surface area contributed by atoms with Gasteiger partial charge in [0.2, 0.25) is 0 Å². The molecule has 0 saturated carbocycles. The highest BCUT2D eigenvalue weighted by Gasteiger charge is 2.46. The molecule has 0 N–H and O–H groups in total. The second-order valence-electron chi connectivity index (χ2n) is 9.85. The van der Waals surface area contributed by atoms with Gasteiger partial charge in [-0.25, -0.2) is 4.39 Å². The number of carbonyl (C=O) groups is 1. The summed E-state index contributed by atoms with van der Waals surface area (Å²) in [5.74, 6) is 1.50. The van der Waals surface area contributed by atoms with Gasteiger partial charge in [0.1, 0.15) is 11.6 Å². The monoisotopic (exact) mass is 461 g/mol. The number of hydrogen-bond donors (Lipinski definition) is 0. The molecule has 34 heavy (non-hydrogen) atoms. The average molecular weight is 462 g/mol. The second kappa shape index (κ2) is 9.72. The van der Waals surface area contributed by atoms with Crippen LogP contribution in [0.1, 0.15) is 39.8 Å². The summed E-state index contributed by atoms with van der Waals surface area (Å²) in [6, 6.07) is 21.5. The van der Waals surface area contributed by atoms with Gasteiger partial charge in [0.15, 0.2) is 5.76 Å². The third-order valence-corrected chi connectivity index (χ3v) is 7.20. The number of benzene rings is 2. The third kappa shape index (κ3) is 4.79. The average Bonchev–Trinajstić information content (AvgIpc) is 3.44. The van der Waals surface area contributed by atoms with Crippen LogP contribution < -0.4 is 0 Å². The summed E-state index contributed by atoms with van der Waals surface area (Å²) >= 11 is 0. The molecule has 2 fully saturated rings. The van der Waals surface area contributed by atoms with Gasteiger partial charge >= 0.3 is 0 Å². The maximum absolute atomic E-state index is 13.6. The lowest BCUT2D eigenvalue weighted by molar-refractivity contribution is 0.0551. The summed E-state index contributed by atoms with van der Waals surface area (Å²) in [5, 5.41) is 0. The maximum Gasteiger partial charge on any atom is 0.289 e. The first-order valence-electron chi connectivity index (χ1n) is 12.0. The van der Waals surface area contributed by atoms with E-state index >= 15 is 0 Å². The molecule has 2 saturated heterocycles. The molecule has 0 aliphatic carbocycles. The van der Waals surface area contributed by atoms with Crippen LogP contribution in [0.4, 0.5) is 4.39 Å². The molecule has 2 aromatic carbocycles. The van der Waals surface area contributed by atoms with Gasteiger partial charge in [0.25, 0.3) is 5.91 Å². The second-order valence-corrected chi connectivity index (χ2v) is 9.85. The van der Waals surface area contributed by atoms with Crippen molar-refractivity contribution < 1.29 is 13.6 Å². The molecule has 2 aliphatic rings. The number of furan rings is 1. The fourth-order valence-electron chi connectivity index (χ4n) is 5.63. The van der Waals surface area contributed by atoms with Crippen molar-refractivity contribution in [1.29, 1.82) is 0 Å². The molecule has 3 aromatic rings. The quantitative estimate of drug-likeness (QED) is 0.538. The number of hydrogen-bond acceptors (Lipinski definition) is 4. The van der Waals surface area contributed by atoms with Crippen LogP contribution in [0, 0.1) is 11.7 Å². The molecule has 1 aromatic heterocycles. The van der Waals surface area contributed by atoms with Crippen molar-refractivity contribution in [3.05, 3.63) is 95.2 Å². The smallest absolute Gasteiger partial charge is 0.289 e. The molecule has 6 heteroatoms. The number of piperidine rings is 1. The predicted molar refractivity (Wildman–Crippen MR) is 130 cm³/mol. The highest BCUT2D eigenvalue weighted by Crippen LogP contribution is 2.42. The van der Waals surface area contributed by atoms with Crippen molar-refractivity contribution in [1.82, 2.24) is 14.7 Å². The molecule has 178 valence electrons. The highest BCUT2D eigenvalue weighted by molar-refractivity contribution is 5.91. The molecular weight excluding hydrogens is 429 g/mol. The van der Waals surface area contributed by atoms with E-state index < -0.39 is 0 Å². The minimum absolute atomic E-state index is 0.0391. The van der Waals surface area contributed by atoms with Crippen LogP contribution in [0.2, 0.25) is 0 Å². The first-order chi connectivity index (χ1) is 16.5. The Kier molecular flexibility index (Phi) is 6.53. The van der Waals surface area contributed by atoms with Gasteiger partial charge in [-0.3, -0.25) is 9.69 Å². The van der Waals surface area contributed by atoms with E-state index in [-0.39, 0.29) is 17.6 Å².